The van der Waals surface area contributed by atoms with Crippen LogP contribution in [0.3, 0.4) is 0 Å². The molecule has 0 saturated heterocycles. The van der Waals surface area contributed by atoms with Crippen molar-refractivity contribution in [3.63, 3.8) is 0 Å². The highest BCUT2D eigenvalue weighted by molar-refractivity contribution is 7.07. The third-order valence-electron chi connectivity index (χ3n) is 7.38. The van der Waals surface area contributed by atoms with Gasteiger partial charge in [-0.3, -0.25) is 19.5 Å². The zero-order chi connectivity index (χ0) is 33.0. The standard InChI is InChI=1S/C34H34N4O7S/c1-6-43-27-17-24(26(38(41)42)19-28(27)45-20-22-11-9-8-10-12-22)18-29-32(39)37-21(3)30(33(40)44-7-2)31(35-34(37)46-29)23-13-15-25(16-14-23)36(4)5/h8-19,31H,6-7,20H2,1-5H3/b29-18-/t31-/m1/s1. The number of nitro groups is 1. The molecule has 0 radical (unpaired) electrons. The van der Waals surface area contributed by atoms with Crippen molar-refractivity contribution in [1.82, 2.24) is 4.57 Å². The van der Waals surface area contributed by atoms with Gasteiger partial charge in [0.1, 0.15) is 12.6 Å². The van der Waals surface area contributed by atoms with Crippen LogP contribution in [0.1, 0.15) is 43.5 Å². The summed E-state index contributed by atoms with van der Waals surface area (Å²) in [5, 5.41) is 12.2. The molecule has 4 aromatic rings. The molecule has 0 saturated carbocycles. The van der Waals surface area contributed by atoms with Gasteiger partial charge in [-0.1, -0.05) is 53.8 Å². The molecule has 0 spiro atoms. The van der Waals surface area contributed by atoms with E-state index in [0.29, 0.717) is 22.9 Å². The molecular formula is C34H34N4O7S. The second-order valence-electron chi connectivity index (χ2n) is 10.6. The Balaban J connectivity index is 1.64. The number of hydrogen-bond acceptors (Lipinski definition) is 10. The molecule has 238 valence electrons. The quantitative estimate of drug-likeness (QED) is 0.129. The first-order valence-electron chi connectivity index (χ1n) is 14.7. The van der Waals surface area contributed by atoms with E-state index in [2.05, 4.69) is 0 Å². The van der Waals surface area contributed by atoms with E-state index in [4.69, 9.17) is 19.2 Å². The molecule has 0 fully saturated rings. The van der Waals surface area contributed by atoms with Crippen molar-refractivity contribution in [2.24, 2.45) is 4.99 Å². The smallest absolute Gasteiger partial charge is 0.338 e. The maximum atomic E-state index is 13.8. The highest BCUT2D eigenvalue weighted by Crippen LogP contribution is 2.36. The molecule has 1 aliphatic heterocycles. The largest absolute Gasteiger partial charge is 0.490 e. The van der Waals surface area contributed by atoms with Crippen LogP contribution in [0.15, 0.2) is 82.1 Å². The van der Waals surface area contributed by atoms with Crippen molar-refractivity contribution < 1.29 is 23.9 Å². The number of carbonyl (C=O) groups excluding carboxylic acids is 1. The molecule has 1 aromatic heterocycles. The van der Waals surface area contributed by atoms with Gasteiger partial charge < -0.3 is 19.1 Å². The van der Waals surface area contributed by atoms with Gasteiger partial charge in [0.2, 0.25) is 0 Å². The Labute approximate surface area is 269 Å². The fourth-order valence-electron chi connectivity index (χ4n) is 5.11. The summed E-state index contributed by atoms with van der Waals surface area (Å²) in [5.74, 6) is -0.0427. The van der Waals surface area contributed by atoms with E-state index < -0.39 is 22.5 Å². The lowest BCUT2D eigenvalue weighted by Crippen LogP contribution is -2.35. The number of aromatic nitrogens is 1. The number of ether oxygens (including phenoxy) is 3. The number of nitrogens with zero attached hydrogens (tertiary/aromatic N) is 4. The lowest BCUT2D eigenvalue weighted by molar-refractivity contribution is -0.385. The van der Waals surface area contributed by atoms with Gasteiger partial charge in [-0.15, -0.1) is 0 Å². The van der Waals surface area contributed by atoms with E-state index in [1.54, 1.807) is 20.8 Å². The molecular weight excluding hydrogens is 608 g/mol. The van der Waals surface area contributed by atoms with Gasteiger partial charge in [0.05, 0.1) is 39.9 Å². The van der Waals surface area contributed by atoms with Crippen LogP contribution in [0.2, 0.25) is 0 Å². The van der Waals surface area contributed by atoms with E-state index in [9.17, 15) is 19.7 Å². The van der Waals surface area contributed by atoms with Crippen LogP contribution in [0.5, 0.6) is 11.5 Å². The fraction of sp³-hybridized carbons (Fsp3) is 0.265. The monoisotopic (exact) mass is 642 g/mol. The molecule has 11 nitrogen and oxygen atoms in total. The SMILES string of the molecule is CCOC(=O)C1=C(C)n2c(s/c(=C\c3cc(OCC)c(OCc4ccccc4)cc3[N+](=O)[O-])c2=O)=N[C@@H]1c1ccc(N(C)C)cc1. The third kappa shape index (κ3) is 6.57. The first kappa shape index (κ1) is 32.2. The second-order valence-corrected chi connectivity index (χ2v) is 11.6. The van der Waals surface area contributed by atoms with Crippen LogP contribution in [0.4, 0.5) is 11.4 Å². The molecule has 12 heteroatoms. The first-order valence-corrected chi connectivity index (χ1v) is 15.5. The Kier molecular flexibility index (Phi) is 9.67. The van der Waals surface area contributed by atoms with Gasteiger partial charge in [0.15, 0.2) is 16.3 Å². The number of thiazole rings is 1. The van der Waals surface area contributed by atoms with Crippen molar-refractivity contribution in [3.8, 4) is 11.5 Å². The van der Waals surface area contributed by atoms with Crippen LogP contribution in [-0.2, 0) is 16.1 Å². The summed E-state index contributed by atoms with van der Waals surface area (Å²) in [7, 11) is 3.87. The van der Waals surface area contributed by atoms with Gasteiger partial charge in [0, 0.05) is 25.5 Å². The lowest BCUT2D eigenvalue weighted by atomic mass is 9.96. The summed E-state index contributed by atoms with van der Waals surface area (Å²) in [6.45, 7) is 5.83. The number of nitro benzene ring substituents is 1. The fourth-order valence-corrected chi connectivity index (χ4v) is 6.14. The van der Waals surface area contributed by atoms with Gasteiger partial charge >= 0.3 is 5.97 Å². The molecule has 1 atom stereocenters. The molecule has 0 bridgehead atoms. The molecule has 46 heavy (non-hydrogen) atoms. The molecule has 1 aliphatic rings. The van der Waals surface area contributed by atoms with Gasteiger partial charge in [0.25, 0.3) is 11.2 Å². The van der Waals surface area contributed by atoms with E-state index >= 15 is 0 Å². The predicted molar refractivity (Wildman–Crippen MR) is 177 cm³/mol. The Morgan fingerprint density at radius 2 is 1.74 bits per heavy atom. The number of anilines is 1. The molecule has 3 aromatic carbocycles. The molecule has 0 unspecified atom stereocenters. The Morgan fingerprint density at radius 1 is 1.04 bits per heavy atom. The van der Waals surface area contributed by atoms with Gasteiger partial charge in [-0.05, 0) is 56.2 Å². The van der Waals surface area contributed by atoms with E-state index in [-0.39, 0.29) is 40.3 Å². The van der Waals surface area contributed by atoms with Crippen LogP contribution >= 0.6 is 11.3 Å². The third-order valence-corrected chi connectivity index (χ3v) is 8.36. The zero-order valence-corrected chi connectivity index (χ0v) is 27.0. The average molecular weight is 643 g/mol. The maximum absolute atomic E-state index is 13.8. The molecule has 0 amide bonds. The van der Waals surface area contributed by atoms with Crippen molar-refractivity contribution in [3.05, 3.63) is 119 Å². The maximum Gasteiger partial charge on any atom is 0.338 e. The molecule has 2 heterocycles. The lowest BCUT2D eigenvalue weighted by Gasteiger charge is -2.23. The number of carbonyl (C=O) groups is 1. The first-order chi connectivity index (χ1) is 22.1. The summed E-state index contributed by atoms with van der Waals surface area (Å²) in [6.07, 6.45) is 1.45. The number of esters is 1. The summed E-state index contributed by atoms with van der Waals surface area (Å²) >= 11 is 1.08. The number of fused-ring (bicyclic) bond motifs is 1. The number of hydrogen-bond donors (Lipinski definition) is 0. The predicted octanol–water partition coefficient (Wildman–Crippen LogP) is 4.86. The molecule has 0 aliphatic carbocycles. The second kappa shape index (κ2) is 13.8. The van der Waals surface area contributed by atoms with E-state index in [1.165, 1.54) is 22.8 Å². The minimum Gasteiger partial charge on any atom is -0.490 e. The van der Waals surface area contributed by atoms with Crippen LogP contribution in [-0.4, -0.2) is 42.8 Å². The minimum absolute atomic E-state index is 0.156. The van der Waals surface area contributed by atoms with Crippen molar-refractivity contribution in [2.75, 3.05) is 32.2 Å². The van der Waals surface area contributed by atoms with Gasteiger partial charge in [-0.25, -0.2) is 9.79 Å². The summed E-state index contributed by atoms with van der Waals surface area (Å²) < 4.78 is 18.7. The van der Waals surface area contributed by atoms with Gasteiger partial charge in [-0.2, -0.15) is 0 Å². The van der Waals surface area contributed by atoms with Crippen molar-refractivity contribution in [1.29, 1.82) is 0 Å². The Hall–Kier alpha value is -5.23. The summed E-state index contributed by atoms with van der Waals surface area (Å²) in [6, 6.07) is 19.2. The number of benzene rings is 3. The normalized spacial score (nSPS) is 14.4. The van der Waals surface area contributed by atoms with E-state index in [0.717, 1.165) is 28.2 Å². The summed E-state index contributed by atoms with van der Waals surface area (Å²) in [4.78, 5) is 45.9. The average Bonchev–Trinajstić information content (AvgIpc) is 3.35. The zero-order valence-electron chi connectivity index (χ0n) is 26.2. The highest BCUT2D eigenvalue weighted by atomic mass is 32.1. The van der Waals surface area contributed by atoms with Crippen molar-refractivity contribution >= 4 is 40.5 Å². The number of rotatable bonds is 11. The number of allylic oxidation sites excluding steroid dienone is 1. The van der Waals surface area contributed by atoms with Crippen LogP contribution < -0.4 is 29.3 Å². The molecule has 0 N–H and O–H groups in total. The van der Waals surface area contributed by atoms with Crippen LogP contribution in [0.25, 0.3) is 11.8 Å². The Morgan fingerprint density at radius 3 is 2.37 bits per heavy atom. The summed E-state index contributed by atoms with van der Waals surface area (Å²) in [5.41, 5.74) is 2.73. The minimum atomic E-state index is -0.707. The topological polar surface area (TPSA) is 126 Å². The molecule has 5 rings (SSSR count). The van der Waals surface area contributed by atoms with E-state index in [1.807, 2.05) is 73.6 Å². The Bertz CT molecular complexity index is 1980. The van der Waals surface area contributed by atoms with Crippen molar-refractivity contribution in [2.45, 2.75) is 33.4 Å². The highest BCUT2D eigenvalue weighted by Gasteiger charge is 2.31. The van der Waals surface area contributed by atoms with Crippen LogP contribution in [0, 0.1) is 10.1 Å².